The summed E-state index contributed by atoms with van der Waals surface area (Å²) < 4.78 is 24.7. The largest absolute Gasteiger partial charge is 0.339 e. The molecule has 1 N–H and O–H groups in total. The Morgan fingerprint density at radius 1 is 1.40 bits per heavy atom. The Morgan fingerprint density at radius 2 is 2.05 bits per heavy atom. The molecule has 118 valence electrons. The number of carbonyl (C=O) groups excluding carboxylic acids is 1. The molecule has 0 spiro atoms. The normalized spacial score (nSPS) is 22.1. The number of likely N-dealkylation sites (tertiary alicyclic amines) is 1. The van der Waals surface area contributed by atoms with E-state index in [4.69, 9.17) is 0 Å². The van der Waals surface area contributed by atoms with Crippen LogP contribution in [0, 0.1) is 5.92 Å². The van der Waals surface area contributed by atoms with E-state index in [0.29, 0.717) is 13.0 Å². The van der Waals surface area contributed by atoms with Gasteiger partial charge in [0.2, 0.25) is 15.9 Å². The van der Waals surface area contributed by atoms with Crippen molar-refractivity contribution in [2.24, 2.45) is 5.92 Å². The molecule has 1 amide bonds. The van der Waals surface area contributed by atoms with Gasteiger partial charge in [0.05, 0.1) is 11.1 Å². The van der Waals surface area contributed by atoms with E-state index in [1.54, 1.807) is 0 Å². The maximum Gasteiger partial charge on any atom is 0.236 e. The van der Waals surface area contributed by atoms with Crippen molar-refractivity contribution in [3.05, 3.63) is 0 Å². The fourth-order valence-electron chi connectivity index (χ4n) is 2.45. The van der Waals surface area contributed by atoms with Gasteiger partial charge in [-0.2, -0.15) is 0 Å². The number of sulfonamides is 1. The van der Waals surface area contributed by atoms with Crippen LogP contribution in [0.5, 0.6) is 0 Å². The van der Waals surface area contributed by atoms with Crippen LogP contribution in [0.15, 0.2) is 0 Å². The third-order valence-electron chi connectivity index (χ3n) is 3.57. The number of piperidine rings is 1. The minimum atomic E-state index is -3.16. The quantitative estimate of drug-likeness (QED) is 0.725. The van der Waals surface area contributed by atoms with Crippen LogP contribution >= 0.6 is 15.9 Å². The van der Waals surface area contributed by atoms with Crippen LogP contribution in [0.25, 0.3) is 0 Å². The molecule has 1 heterocycles. The van der Waals surface area contributed by atoms with Crippen LogP contribution in [0.1, 0.15) is 39.5 Å². The predicted octanol–water partition coefficient (Wildman–Crippen LogP) is 1.73. The first-order valence-corrected chi connectivity index (χ1v) is 9.92. The topological polar surface area (TPSA) is 66.5 Å². The number of carbonyl (C=O) groups is 1. The number of alkyl halides is 1. The van der Waals surface area contributed by atoms with Crippen molar-refractivity contribution < 1.29 is 13.2 Å². The Labute approximate surface area is 130 Å². The van der Waals surface area contributed by atoms with Crippen LogP contribution in [0.2, 0.25) is 0 Å². The molecular weight excluding hydrogens is 344 g/mol. The summed E-state index contributed by atoms with van der Waals surface area (Å²) in [6.45, 7) is 5.20. The van der Waals surface area contributed by atoms with Crippen LogP contribution in [-0.4, -0.2) is 49.4 Å². The minimum Gasteiger partial charge on any atom is -0.339 e. The molecule has 0 radical (unpaired) electrons. The lowest BCUT2D eigenvalue weighted by atomic mass is 9.98. The summed E-state index contributed by atoms with van der Waals surface area (Å²) in [6.07, 6.45) is 4.91. The molecule has 2 atom stereocenters. The van der Waals surface area contributed by atoms with Crippen LogP contribution < -0.4 is 4.72 Å². The standard InChI is InChI=1S/C13H25BrN2O3S/c1-10(2)12(14)13(17)16-9-5-4-6-11(16)7-8-15-20(3,18)19/h10-12,15H,4-9H2,1-3H3. The summed E-state index contributed by atoms with van der Waals surface area (Å²) >= 11 is 3.47. The SMILES string of the molecule is CC(C)C(Br)C(=O)N1CCCCC1CCNS(C)(=O)=O. The summed E-state index contributed by atoms with van der Waals surface area (Å²) in [7, 11) is -3.16. The van der Waals surface area contributed by atoms with Crippen LogP contribution in [-0.2, 0) is 14.8 Å². The van der Waals surface area contributed by atoms with Crippen molar-refractivity contribution in [3.63, 3.8) is 0 Å². The first kappa shape index (κ1) is 17.9. The van der Waals surface area contributed by atoms with Gasteiger partial charge in [-0.3, -0.25) is 4.79 Å². The molecule has 20 heavy (non-hydrogen) atoms. The molecule has 1 rings (SSSR count). The monoisotopic (exact) mass is 368 g/mol. The molecule has 7 heteroatoms. The Balaban J connectivity index is 2.60. The maximum absolute atomic E-state index is 12.5. The van der Waals surface area contributed by atoms with Gasteiger partial charge in [-0.05, 0) is 31.6 Å². The van der Waals surface area contributed by atoms with Crippen molar-refractivity contribution in [2.45, 2.75) is 50.4 Å². The van der Waals surface area contributed by atoms with E-state index in [2.05, 4.69) is 20.7 Å². The zero-order valence-electron chi connectivity index (χ0n) is 12.4. The average Bonchev–Trinajstić information content (AvgIpc) is 2.36. The van der Waals surface area contributed by atoms with Crippen LogP contribution in [0.3, 0.4) is 0 Å². The van der Waals surface area contributed by atoms with Gasteiger partial charge in [0.25, 0.3) is 0 Å². The second-order valence-corrected chi connectivity index (χ2v) is 8.60. The second kappa shape index (κ2) is 7.75. The van der Waals surface area contributed by atoms with Crippen LogP contribution in [0.4, 0.5) is 0 Å². The van der Waals surface area contributed by atoms with Crippen molar-refractivity contribution in [1.29, 1.82) is 0 Å². The second-order valence-electron chi connectivity index (χ2n) is 5.78. The third-order valence-corrected chi connectivity index (χ3v) is 5.75. The highest BCUT2D eigenvalue weighted by atomic mass is 79.9. The predicted molar refractivity (Wildman–Crippen MR) is 84.4 cm³/mol. The lowest BCUT2D eigenvalue weighted by Crippen LogP contribution is -2.48. The number of hydrogen-bond donors (Lipinski definition) is 1. The molecule has 2 unspecified atom stereocenters. The van der Waals surface area contributed by atoms with Gasteiger partial charge in [0.15, 0.2) is 0 Å². The molecule has 1 aliphatic rings. The zero-order valence-corrected chi connectivity index (χ0v) is 14.8. The van der Waals surface area contributed by atoms with Gasteiger partial charge < -0.3 is 4.90 Å². The van der Waals surface area contributed by atoms with E-state index < -0.39 is 10.0 Å². The molecule has 1 fully saturated rings. The Kier molecular flexibility index (Phi) is 6.94. The number of nitrogens with one attached hydrogen (secondary N) is 1. The molecule has 1 aliphatic heterocycles. The van der Waals surface area contributed by atoms with E-state index in [0.717, 1.165) is 32.1 Å². The molecule has 0 bridgehead atoms. The number of hydrogen-bond acceptors (Lipinski definition) is 3. The van der Waals surface area contributed by atoms with Gasteiger partial charge in [0, 0.05) is 19.1 Å². The molecule has 0 aliphatic carbocycles. The van der Waals surface area contributed by atoms with Gasteiger partial charge >= 0.3 is 0 Å². The van der Waals surface area contributed by atoms with Crippen molar-refractivity contribution >= 4 is 31.9 Å². The minimum absolute atomic E-state index is 0.129. The molecule has 0 aromatic rings. The molecule has 0 aromatic carbocycles. The number of nitrogens with zero attached hydrogens (tertiary/aromatic N) is 1. The van der Waals surface area contributed by atoms with E-state index in [-0.39, 0.29) is 22.7 Å². The highest BCUT2D eigenvalue weighted by Crippen LogP contribution is 2.24. The molecule has 1 saturated heterocycles. The molecule has 5 nitrogen and oxygen atoms in total. The highest BCUT2D eigenvalue weighted by Gasteiger charge is 2.31. The maximum atomic E-state index is 12.5. The van der Waals surface area contributed by atoms with Crippen molar-refractivity contribution in [3.8, 4) is 0 Å². The molecular formula is C13H25BrN2O3S. The number of amides is 1. The Bertz CT molecular complexity index is 425. The van der Waals surface area contributed by atoms with Gasteiger partial charge in [0.1, 0.15) is 0 Å². The van der Waals surface area contributed by atoms with Gasteiger partial charge in [-0.25, -0.2) is 13.1 Å². The highest BCUT2D eigenvalue weighted by molar-refractivity contribution is 9.10. The van der Waals surface area contributed by atoms with Crippen molar-refractivity contribution in [1.82, 2.24) is 9.62 Å². The third kappa shape index (κ3) is 5.69. The summed E-state index contributed by atoms with van der Waals surface area (Å²) in [6, 6.07) is 0.143. The Hall–Kier alpha value is -0.140. The van der Waals surface area contributed by atoms with Crippen molar-refractivity contribution in [2.75, 3.05) is 19.3 Å². The fourth-order valence-corrected chi connectivity index (χ4v) is 3.20. The summed E-state index contributed by atoms with van der Waals surface area (Å²) in [5.74, 6) is 0.378. The summed E-state index contributed by atoms with van der Waals surface area (Å²) in [5, 5.41) is 0. The zero-order chi connectivity index (χ0) is 15.3. The first-order chi connectivity index (χ1) is 9.22. The van der Waals surface area contributed by atoms with E-state index in [9.17, 15) is 13.2 Å². The molecule has 0 saturated carbocycles. The smallest absolute Gasteiger partial charge is 0.236 e. The van der Waals surface area contributed by atoms with E-state index in [1.807, 2.05) is 18.7 Å². The van der Waals surface area contributed by atoms with Gasteiger partial charge in [-0.15, -0.1) is 0 Å². The number of rotatable bonds is 6. The summed E-state index contributed by atoms with van der Waals surface area (Å²) in [4.78, 5) is 14.2. The Morgan fingerprint density at radius 3 is 2.60 bits per heavy atom. The average molecular weight is 369 g/mol. The lowest BCUT2D eigenvalue weighted by molar-refractivity contribution is -0.134. The molecule has 0 aromatic heterocycles. The van der Waals surface area contributed by atoms with E-state index in [1.165, 1.54) is 0 Å². The fraction of sp³-hybridized carbons (Fsp3) is 0.923. The lowest BCUT2D eigenvalue weighted by Gasteiger charge is -2.37. The van der Waals surface area contributed by atoms with Gasteiger partial charge in [-0.1, -0.05) is 29.8 Å². The first-order valence-electron chi connectivity index (χ1n) is 7.11. The summed E-state index contributed by atoms with van der Waals surface area (Å²) in [5.41, 5.74) is 0. The number of halogens is 1. The van der Waals surface area contributed by atoms with E-state index >= 15 is 0 Å².